The molecule has 9 nitrogen and oxygen atoms in total. The first kappa shape index (κ1) is 18.8. The number of benzene rings is 1. The zero-order chi connectivity index (χ0) is 18.8. The lowest BCUT2D eigenvalue weighted by Gasteiger charge is -2.13. The summed E-state index contributed by atoms with van der Waals surface area (Å²) in [6, 6.07) is 4.15. The minimum atomic E-state index is -5.06. The van der Waals surface area contributed by atoms with E-state index < -0.39 is 39.4 Å². The Bertz CT molecular complexity index is 920. The van der Waals surface area contributed by atoms with Crippen molar-refractivity contribution in [1.29, 1.82) is 0 Å². The van der Waals surface area contributed by atoms with Gasteiger partial charge in [0.15, 0.2) is 0 Å². The summed E-state index contributed by atoms with van der Waals surface area (Å²) in [6.07, 6.45) is -5.06. The number of aromatic nitrogens is 3. The summed E-state index contributed by atoms with van der Waals surface area (Å²) >= 11 is 0. The molecule has 2 aromatic rings. The van der Waals surface area contributed by atoms with Crippen molar-refractivity contribution in [3.8, 4) is 11.8 Å². The fraction of sp³-hybridized carbons (Fsp3) is 0.333. The molecule has 0 aliphatic carbocycles. The first-order valence-corrected chi connectivity index (χ1v) is 8.06. The summed E-state index contributed by atoms with van der Waals surface area (Å²) in [4.78, 5) is 11.1. The lowest BCUT2D eigenvalue weighted by atomic mass is 10.3. The quantitative estimate of drug-likeness (QED) is 0.777. The summed E-state index contributed by atoms with van der Waals surface area (Å²) < 4.78 is 73.9. The van der Waals surface area contributed by atoms with Gasteiger partial charge in [-0.15, -0.1) is 18.3 Å². The highest BCUT2D eigenvalue weighted by Gasteiger charge is 2.34. The molecular weight excluding hydrogens is 369 g/mol. The molecule has 0 saturated heterocycles. The predicted octanol–water partition coefficient (Wildman–Crippen LogP) is 0.425. The van der Waals surface area contributed by atoms with Gasteiger partial charge in [-0.05, 0) is 12.1 Å². The number of hydrogen-bond donors (Lipinski definition) is 1. The van der Waals surface area contributed by atoms with Crippen LogP contribution >= 0.6 is 0 Å². The fourth-order valence-corrected chi connectivity index (χ4v) is 2.93. The van der Waals surface area contributed by atoms with Crippen LogP contribution < -0.4 is 19.9 Å². The van der Waals surface area contributed by atoms with Gasteiger partial charge in [-0.1, -0.05) is 12.1 Å². The molecule has 0 fully saturated rings. The first-order chi connectivity index (χ1) is 11.5. The van der Waals surface area contributed by atoms with E-state index >= 15 is 0 Å². The fourth-order valence-electron chi connectivity index (χ4n) is 1.85. The summed E-state index contributed by atoms with van der Waals surface area (Å²) in [5.74, 6) is -0.895. The van der Waals surface area contributed by atoms with Gasteiger partial charge in [0.05, 0.1) is 7.11 Å². The second-order valence-corrected chi connectivity index (χ2v) is 6.36. The van der Waals surface area contributed by atoms with E-state index in [4.69, 9.17) is 4.74 Å². The second kappa shape index (κ2) is 6.76. The van der Waals surface area contributed by atoms with Gasteiger partial charge in [0.25, 0.3) is 0 Å². The van der Waals surface area contributed by atoms with Gasteiger partial charge in [0.2, 0.25) is 10.0 Å². The van der Waals surface area contributed by atoms with E-state index in [0.717, 1.165) is 21.4 Å². The molecule has 2 rings (SSSR count). The standard InChI is InChI=1S/C12H13F3N4O5S/c1-18-10(23-2)17-19(11(18)20)7-16-25(21,22)9-6-4-3-5-8(9)24-12(13,14)15/h3-6,16H,7H2,1-2H3. The van der Waals surface area contributed by atoms with Crippen molar-refractivity contribution in [3.05, 3.63) is 34.7 Å². The lowest BCUT2D eigenvalue weighted by molar-refractivity contribution is -0.275. The normalized spacial score (nSPS) is 12.2. The Labute approximate surface area is 139 Å². The number of halogens is 3. The molecule has 1 N–H and O–H groups in total. The topological polar surface area (TPSA) is 104 Å². The highest BCUT2D eigenvalue weighted by Crippen LogP contribution is 2.29. The van der Waals surface area contributed by atoms with Crippen LogP contribution in [0.25, 0.3) is 0 Å². The largest absolute Gasteiger partial charge is 0.573 e. The van der Waals surface area contributed by atoms with Gasteiger partial charge in [-0.25, -0.2) is 17.8 Å². The van der Waals surface area contributed by atoms with E-state index in [1.165, 1.54) is 26.3 Å². The van der Waals surface area contributed by atoms with Gasteiger partial charge in [-0.3, -0.25) is 0 Å². The zero-order valence-corrected chi connectivity index (χ0v) is 13.8. The molecule has 0 aliphatic heterocycles. The second-order valence-electron chi connectivity index (χ2n) is 4.63. The zero-order valence-electron chi connectivity index (χ0n) is 12.9. The molecule has 138 valence electrons. The number of methoxy groups -OCH3 is 1. The molecule has 0 spiro atoms. The number of nitrogens with one attached hydrogen (secondary N) is 1. The molecule has 0 saturated carbocycles. The molecule has 1 aromatic heterocycles. The number of alkyl halides is 3. The highest BCUT2D eigenvalue weighted by atomic mass is 32.2. The third-order valence-corrected chi connectivity index (χ3v) is 4.38. The average molecular weight is 382 g/mol. The Morgan fingerprint density at radius 2 is 1.92 bits per heavy atom. The lowest BCUT2D eigenvalue weighted by Crippen LogP contribution is -2.33. The highest BCUT2D eigenvalue weighted by molar-refractivity contribution is 7.89. The molecule has 1 heterocycles. The van der Waals surface area contributed by atoms with E-state index in [9.17, 15) is 26.4 Å². The minimum absolute atomic E-state index is 0.0648. The van der Waals surface area contributed by atoms with Crippen LogP contribution in [-0.4, -0.2) is 36.2 Å². The molecule has 13 heteroatoms. The number of ether oxygens (including phenoxy) is 2. The molecular formula is C12H13F3N4O5S. The summed E-state index contributed by atoms with van der Waals surface area (Å²) in [6.45, 7) is -0.612. The van der Waals surface area contributed by atoms with Crippen LogP contribution in [0.3, 0.4) is 0 Å². The Balaban J connectivity index is 2.28. The van der Waals surface area contributed by atoms with Crippen LogP contribution in [0.5, 0.6) is 11.8 Å². The third kappa shape index (κ3) is 4.30. The van der Waals surface area contributed by atoms with Gasteiger partial charge < -0.3 is 9.47 Å². The maximum atomic E-state index is 12.4. The maximum absolute atomic E-state index is 12.4. The average Bonchev–Trinajstić information content (AvgIpc) is 2.79. The van der Waals surface area contributed by atoms with Crippen molar-refractivity contribution in [3.63, 3.8) is 0 Å². The van der Waals surface area contributed by atoms with Crippen LogP contribution in [0, 0.1) is 0 Å². The Hall–Kier alpha value is -2.54. The van der Waals surface area contributed by atoms with E-state index in [0.29, 0.717) is 0 Å². The van der Waals surface area contributed by atoms with E-state index in [1.807, 2.05) is 4.72 Å². The van der Waals surface area contributed by atoms with Crippen molar-refractivity contribution in [2.75, 3.05) is 7.11 Å². The molecule has 0 bridgehead atoms. The first-order valence-electron chi connectivity index (χ1n) is 6.57. The molecule has 25 heavy (non-hydrogen) atoms. The van der Waals surface area contributed by atoms with Crippen molar-refractivity contribution in [2.24, 2.45) is 7.05 Å². The van der Waals surface area contributed by atoms with Crippen LogP contribution in [-0.2, 0) is 23.7 Å². The van der Waals surface area contributed by atoms with Crippen molar-refractivity contribution < 1.29 is 31.1 Å². The van der Waals surface area contributed by atoms with Crippen LogP contribution in [0.1, 0.15) is 0 Å². The Kier molecular flexibility index (Phi) is 5.08. The SMILES string of the molecule is COc1nn(CNS(=O)(=O)c2ccccc2OC(F)(F)F)c(=O)n1C. The molecule has 0 unspecified atom stereocenters. The maximum Gasteiger partial charge on any atom is 0.573 e. The Morgan fingerprint density at radius 1 is 1.28 bits per heavy atom. The smallest absolute Gasteiger partial charge is 0.467 e. The van der Waals surface area contributed by atoms with Crippen LogP contribution in [0.4, 0.5) is 13.2 Å². The molecule has 0 aliphatic rings. The molecule has 0 atom stereocenters. The third-order valence-electron chi connectivity index (χ3n) is 2.95. The van der Waals surface area contributed by atoms with Gasteiger partial charge >= 0.3 is 18.1 Å². The number of sulfonamides is 1. The summed E-state index contributed by atoms with van der Waals surface area (Å²) in [5.41, 5.74) is -0.681. The molecule has 1 aromatic carbocycles. The molecule has 0 amide bonds. The van der Waals surface area contributed by atoms with Crippen molar-refractivity contribution in [2.45, 2.75) is 17.9 Å². The van der Waals surface area contributed by atoms with E-state index in [1.54, 1.807) is 0 Å². The Morgan fingerprint density at radius 3 is 2.48 bits per heavy atom. The van der Waals surface area contributed by atoms with E-state index in [2.05, 4.69) is 9.84 Å². The van der Waals surface area contributed by atoms with Gasteiger partial charge in [0, 0.05) is 7.05 Å². The number of nitrogens with zero attached hydrogens (tertiary/aromatic N) is 3. The van der Waals surface area contributed by atoms with Crippen molar-refractivity contribution in [1.82, 2.24) is 19.1 Å². The predicted molar refractivity (Wildman–Crippen MR) is 77.5 cm³/mol. The van der Waals surface area contributed by atoms with Crippen LogP contribution in [0.2, 0.25) is 0 Å². The minimum Gasteiger partial charge on any atom is -0.467 e. The van der Waals surface area contributed by atoms with Crippen LogP contribution in [0.15, 0.2) is 34.0 Å². The monoisotopic (exact) mass is 382 g/mol. The van der Waals surface area contributed by atoms with Gasteiger partial charge in [0.1, 0.15) is 17.3 Å². The summed E-state index contributed by atoms with van der Waals surface area (Å²) in [7, 11) is -1.80. The number of rotatable bonds is 6. The van der Waals surface area contributed by atoms with E-state index in [-0.39, 0.29) is 6.01 Å². The van der Waals surface area contributed by atoms with Gasteiger partial charge in [-0.2, -0.15) is 9.40 Å². The summed E-state index contributed by atoms with van der Waals surface area (Å²) in [5, 5.41) is 3.71. The number of hydrogen-bond acceptors (Lipinski definition) is 6. The van der Waals surface area contributed by atoms with Crippen molar-refractivity contribution >= 4 is 10.0 Å². The molecule has 0 radical (unpaired) electrons. The number of para-hydroxylation sites is 1.